The van der Waals surface area contributed by atoms with Crippen LogP contribution in [0.2, 0.25) is 0 Å². The quantitative estimate of drug-likeness (QED) is 0.652. The van der Waals surface area contributed by atoms with Crippen molar-refractivity contribution in [1.29, 1.82) is 0 Å². The second-order valence-electron chi connectivity index (χ2n) is 5.47. The molecule has 0 fully saturated rings. The summed E-state index contributed by atoms with van der Waals surface area (Å²) in [6, 6.07) is 6.76. The number of hydrogen-bond donors (Lipinski definition) is 2. The number of benzene rings is 1. The number of unbranched alkanes of at least 4 members (excludes halogenated alkanes) is 3. The van der Waals surface area contributed by atoms with E-state index < -0.39 is 5.91 Å². The molecule has 1 aromatic carbocycles. The van der Waals surface area contributed by atoms with E-state index in [2.05, 4.69) is 12.2 Å². The number of amides is 2. The number of hydrogen-bond acceptors (Lipinski definition) is 3. The number of primary amides is 1. The van der Waals surface area contributed by atoms with Gasteiger partial charge in [0.2, 0.25) is 0 Å². The standard InChI is InChI=1S/C17H26N2O3/c1-3-4-5-6-9-13(2)19-16(20)12-22-15-11-8-7-10-14(15)17(18)21/h7-8,10-11,13H,3-6,9,12H2,1-2H3,(H2,18,21)(H,19,20)/t13-/m1/s1. The highest BCUT2D eigenvalue weighted by molar-refractivity contribution is 5.95. The van der Waals surface area contributed by atoms with Crippen molar-refractivity contribution in [3.8, 4) is 5.75 Å². The van der Waals surface area contributed by atoms with Gasteiger partial charge in [0.15, 0.2) is 6.61 Å². The molecular formula is C17H26N2O3. The lowest BCUT2D eigenvalue weighted by molar-refractivity contribution is -0.123. The van der Waals surface area contributed by atoms with Gasteiger partial charge < -0.3 is 15.8 Å². The van der Waals surface area contributed by atoms with Gasteiger partial charge in [-0.2, -0.15) is 0 Å². The molecule has 0 radical (unpaired) electrons. The Bertz CT molecular complexity index is 489. The Labute approximate surface area is 132 Å². The zero-order chi connectivity index (χ0) is 16.4. The zero-order valence-electron chi connectivity index (χ0n) is 13.4. The summed E-state index contributed by atoms with van der Waals surface area (Å²) in [5, 5.41) is 2.90. The zero-order valence-corrected chi connectivity index (χ0v) is 13.4. The summed E-state index contributed by atoms with van der Waals surface area (Å²) in [5.74, 6) is -0.427. The van der Waals surface area contributed by atoms with Crippen molar-refractivity contribution in [1.82, 2.24) is 5.32 Å². The molecule has 0 bridgehead atoms. The maximum Gasteiger partial charge on any atom is 0.258 e. The Balaban J connectivity index is 2.35. The first kappa shape index (κ1) is 18.0. The molecule has 0 spiro atoms. The van der Waals surface area contributed by atoms with Crippen LogP contribution in [0.15, 0.2) is 24.3 Å². The average molecular weight is 306 g/mol. The smallest absolute Gasteiger partial charge is 0.258 e. The highest BCUT2D eigenvalue weighted by Crippen LogP contribution is 2.16. The van der Waals surface area contributed by atoms with Crippen LogP contribution in [-0.4, -0.2) is 24.5 Å². The summed E-state index contributed by atoms with van der Waals surface area (Å²) in [5.41, 5.74) is 5.54. The molecule has 122 valence electrons. The Morgan fingerprint density at radius 1 is 1.23 bits per heavy atom. The Morgan fingerprint density at radius 2 is 1.95 bits per heavy atom. The molecule has 3 N–H and O–H groups in total. The number of nitrogens with two attached hydrogens (primary N) is 1. The van der Waals surface area contributed by atoms with Gasteiger partial charge in [-0.3, -0.25) is 9.59 Å². The van der Waals surface area contributed by atoms with E-state index in [0.717, 1.165) is 12.8 Å². The van der Waals surface area contributed by atoms with Crippen LogP contribution in [0.5, 0.6) is 5.75 Å². The van der Waals surface area contributed by atoms with Crippen LogP contribution >= 0.6 is 0 Å². The molecule has 0 aromatic heterocycles. The van der Waals surface area contributed by atoms with Gasteiger partial charge in [0.1, 0.15) is 5.75 Å². The lowest BCUT2D eigenvalue weighted by Crippen LogP contribution is -2.36. The van der Waals surface area contributed by atoms with Crippen molar-refractivity contribution in [3.05, 3.63) is 29.8 Å². The summed E-state index contributed by atoms with van der Waals surface area (Å²) in [7, 11) is 0. The fourth-order valence-electron chi connectivity index (χ4n) is 2.21. The molecule has 0 heterocycles. The molecule has 0 aliphatic carbocycles. The second kappa shape index (κ2) is 9.82. The summed E-state index contributed by atoms with van der Waals surface area (Å²) in [4.78, 5) is 23.1. The van der Waals surface area contributed by atoms with E-state index >= 15 is 0 Å². The van der Waals surface area contributed by atoms with Crippen LogP contribution in [0, 0.1) is 0 Å². The van der Waals surface area contributed by atoms with Gasteiger partial charge in [-0.15, -0.1) is 0 Å². The highest BCUT2D eigenvalue weighted by atomic mass is 16.5. The highest BCUT2D eigenvalue weighted by Gasteiger charge is 2.11. The summed E-state index contributed by atoms with van der Waals surface area (Å²) in [6.07, 6.45) is 5.70. The topological polar surface area (TPSA) is 81.4 Å². The molecule has 0 aliphatic heterocycles. The van der Waals surface area contributed by atoms with Crippen LogP contribution in [0.4, 0.5) is 0 Å². The summed E-state index contributed by atoms with van der Waals surface area (Å²) >= 11 is 0. The van der Waals surface area contributed by atoms with Gasteiger partial charge in [-0.25, -0.2) is 0 Å². The Morgan fingerprint density at radius 3 is 2.64 bits per heavy atom. The van der Waals surface area contributed by atoms with Crippen molar-refractivity contribution in [2.45, 2.75) is 52.0 Å². The van der Waals surface area contributed by atoms with Crippen molar-refractivity contribution in [2.75, 3.05) is 6.61 Å². The first-order valence-corrected chi connectivity index (χ1v) is 7.85. The maximum atomic E-state index is 11.8. The van der Waals surface area contributed by atoms with Crippen molar-refractivity contribution in [3.63, 3.8) is 0 Å². The maximum absolute atomic E-state index is 11.8. The number of carbonyl (C=O) groups excluding carboxylic acids is 2. The van der Waals surface area contributed by atoms with Crippen LogP contribution in [0.1, 0.15) is 56.3 Å². The lowest BCUT2D eigenvalue weighted by atomic mass is 10.1. The second-order valence-corrected chi connectivity index (χ2v) is 5.47. The molecule has 1 rings (SSSR count). The minimum Gasteiger partial charge on any atom is -0.483 e. The number of ether oxygens (including phenoxy) is 1. The number of rotatable bonds is 10. The largest absolute Gasteiger partial charge is 0.483 e. The van der Waals surface area contributed by atoms with E-state index in [1.807, 2.05) is 6.92 Å². The first-order chi connectivity index (χ1) is 10.5. The molecule has 0 unspecified atom stereocenters. The van der Waals surface area contributed by atoms with E-state index in [-0.39, 0.29) is 24.1 Å². The molecule has 5 nitrogen and oxygen atoms in total. The molecule has 0 aliphatic rings. The molecule has 1 atom stereocenters. The number of nitrogens with one attached hydrogen (secondary N) is 1. The molecule has 22 heavy (non-hydrogen) atoms. The third-order valence-electron chi connectivity index (χ3n) is 3.41. The van der Waals surface area contributed by atoms with Crippen LogP contribution in [-0.2, 0) is 4.79 Å². The fourth-order valence-corrected chi connectivity index (χ4v) is 2.21. The number of carbonyl (C=O) groups is 2. The third kappa shape index (κ3) is 6.61. The first-order valence-electron chi connectivity index (χ1n) is 7.85. The van der Waals surface area contributed by atoms with E-state index in [4.69, 9.17) is 10.5 Å². The third-order valence-corrected chi connectivity index (χ3v) is 3.41. The minimum absolute atomic E-state index is 0.121. The molecule has 1 aromatic rings. The molecule has 2 amide bonds. The Hall–Kier alpha value is -2.04. The predicted octanol–water partition coefficient (Wildman–Crippen LogP) is 2.64. The van der Waals surface area contributed by atoms with E-state index in [9.17, 15) is 9.59 Å². The fraction of sp³-hybridized carbons (Fsp3) is 0.529. The summed E-state index contributed by atoms with van der Waals surface area (Å²) in [6.45, 7) is 4.04. The van der Waals surface area contributed by atoms with Crippen LogP contribution in [0.25, 0.3) is 0 Å². The van der Waals surface area contributed by atoms with Crippen molar-refractivity contribution >= 4 is 11.8 Å². The van der Waals surface area contributed by atoms with Gasteiger partial charge in [-0.05, 0) is 25.5 Å². The van der Waals surface area contributed by atoms with Gasteiger partial charge in [0, 0.05) is 6.04 Å². The van der Waals surface area contributed by atoms with Gasteiger partial charge in [0.05, 0.1) is 5.56 Å². The molecule has 0 saturated carbocycles. The molecule has 5 heteroatoms. The van der Waals surface area contributed by atoms with Gasteiger partial charge in [-0.1, -0.05) is 44.7 Å². The van der Waals surface area contributed by atoms with E-state index in [0.29, 0.717) is 5.75 Å². The normalized spacial score (nSPS) is 11.7. The van der Waals surface area contributed by atoms with Crippen LogP contribution < -0.4 is 15.8 Å². The van der Waals surface area contributed by atoms with Crippen molar-refractivity contribution in [2.24, 2.45) is 5.73 Å². The molecule has 0 saturated heterocycles. The van der Waals surface area contributed by atoms with Crippen LogP contribution in [0.3, 0.4) is 0 Å². The molecular weight excluding hydrogens is 280 g/mol. The van der Waals surface area contributed by atoms with Gasteiger partial charge in [0.25, 0.3) is 11.8 Å². The Kier molecular flexibility index (Phi) is 8.04. The van der Waals surface area contributed by atoms with E-state index in [1.54, 1.807) is 24.3 Å². The van der Waals surface area contributed by atoms with Gasteiger partial charge >= 0.3 is 0 Å². The SMILES string of the molecule is CCCCCC[C@@H](C)NC(=O)COc1ccccc1C(N)=O. The minimum atomic E-state index is -0.569. The van der Waals surface area contributed by atoms with Crippen molar-refractivity contribution < 1.29 is 14.3 Å². The number of para-hydroxylation sites is 1. The summed E-state index contributed by atoms with van der Waals surface area (Å²) < 4.78 is 5.39. The predicted molar refractivity (Wildman–Crippen MR) is 86.8 cm³/mol. The van der Waals surface area contributed by atoms with E-state index in [1.165, 1.54) is 19.3 Å². The lowest BCUT2D eigenvalue weighted by Gasteiger charge is -2.14. The average Bonchev–Trinajstić information content (AvgIpc) is 2.49. The monoisotopic (exact) mass is 306 g/mol.